The molecule has 1 fully saturated rings. The largest absolute Gasteiger partial charge is 0.490 e. The predicted octanol–water partition coefficient (Wildman–Crippen LogP) is 5.96. The molecule has 1 saturated heterocycles. The Kier molecular flexibility index (Phi) is 7.48. The summed E-state index contributed by atoms with van der Waals surface area (Å²) in [7, 11) is 0. The van der Waals surface area contributed by atoms with Crippen LogP contribution in [0, 0.1) is 19.8 Å². The quantitative estimate of drug-likeness (QED) is 0.347. The van der Waals surface area contributed by atoms with Crippen LogP contribution in [0.3, 0.4) is 0 Å². The molecule has 3 aromatic rings. The number of rotatable bonds is 9. The third kappa shape index (κ3) is 4.92. The Morgan fingerprint density at radius 2 is 1.84 bits per heavy atom. The number of hydrogen-bond donors (Lipinski definition) is 0. The molecule has 0 radical (unpaired) electrons. The number of ether oxygens (including phenoxy) is 3. The Bertz CT molecular complexity index is 1400. The van der Waals surface area contributed by atoms with Gasteiger partial charge in [-0.15, -0.1) is 0 Å². The number of carbonyl (C=O) groups is 1. The van der Waals surface area contributed by atoms with E-state index in [2.05, 4.69) is 13.8 Å². The van der Waals surface area contributed by atoms with Crippen molar-refractivity contribution in [3.8, 4) is 11.5 Å². The van der Waals surface area contributed by atoms with Crippen LogP contribution in [0.5, 0.6) is 11.5 Å². The maximum atomic E-state index is 14.0. The number of carbonyl (C=O) groups excluding carboxylic acids is 1. The highest BCUT2D eigenvalue weighted by Crippen LogP contribution is 2.42. The van der Waals surface area contributed by atoms with E-state index >= 15 is 0 Å². The zero-order chi connectivity index (χ0) is 27.0. The topological polar surface area (TPSA) is 78.2 Å². The van der Waals surface area contributed by atoms with E-state index in [0.29, 0.717) is 60.3 Å². The van der Waals surface area contributed by atoms with Crippen LogP contribution in [0.1, 0.15) is 78.9 Å². The lowest BCUT2D eigenvalue weighted by atomic mass is 9.97. The summed E-state index contributed by atoms with van der Waals surface area (Å²) in [6.07, 6.45) is 2.69. The van der Waals surface area contributed by atoms with Crippen molar-refractivity contribution in [2.75, 3.05) is 26.4 Å². The first-order valence-electron chi connectivity index (χ1n) is 13.7. The van der Waals surface area contributed by atoms with Gasteiger partial charge in [0.15, 0.2) is 16.9 Å². The second-order valence-corrected chi connectivity index (χ2v) is 10.8. The summed E-state index contributed by atoms with van der Waals surface area (Å²) >= 11 is 0. The molecule has 202 valence electrons. The molecule has 5 rings (SSSR count). The van der Waals surface area contributed by atoms with Gasteiger partial charge in [0.2, 0.25) is 5.76 Å². The first-order valence-corrected chi connectivity index (χ1v) is 13.7. The van der Waals surface area contributed by atoms with Gasteiger partial charge in [0.25, 0.3) is 5.91 Å². The minimum Gasteiger partial charge on any atom is -0.490 e. The van der Waals surface area contributed by atoms with Gasteiger partial charge in [0.1, 0.15) is 5.58 Å². The SMILES string of the molecule is CCOc1cc(C2c3c(oc4cc(C)c(C)cc4c3=O)C(=O)N2CC2CCCO2)ccc1OCCC(C)C. The molecule has 0 saturated carbocycles. The molecule has 1 aromatic heterocycles. The molecule has 0 bridgehead atoms. The lowest BCUT2D eigenvalue weighted by Gasteiger charge is -2.28. The van der Waals surface area contributed by atoms with Crippen molar-refractivity contribution in [1.82, 2.24) is 4.90 Å². The summed E-state index contributed by atoms with van der Waals surface area (Å²) in [6.45, 7) is 12.3. The third-order valence-corrected chi connectivity index (χ3v) is 7.54. The predicted molar refractivity (Wildman–Crippen MR) is 146 cm³/mol. The van der Waals surface area contributed by atoms with Crippen LogP contribution in [-0.4, -0.2) is 43.3 Å². The molecule has 7 nitrogen and oxygen atoms in total. The van der Waals surface area contributed by atoms with Crippen LogP contribution in [-0.2, 0) is 4.74 Å². The molecule has 2 aliphatic heterocycles. The van der Waals surface area contributed by atoms with Crippen molar-refractivity contribution in [2.24, 2.45) is 5.92 Å². The molecule has 2 aromatic carbocycles. The van der Waals surface area contributed by atoms with Crippen molar-refractivity contribution in [1.29, 1.82) is 0 Å². The standard InChI is InChI=1S/C31H37NO6/c1-6-35-26-16-21(9-10-24(26)37-13-11-18(2)3)28-27-29(33)23-14-19(4)20(5)15-25(23)38-30(27)31(34)32(28)17-22-8-7-12-36-22/h9-10,14-16,18,22,28H,6-8,11-13,17H2,1-5H3. The van der Waals surface area contributed by atoms with Crippen molar-refractivity contribution < 1.29 is 23.4 Å². The highest BCUT2D eigenvalue weighted by molar-refractivity contribution is 5.99. The van der Waals surface area contributed by atoms with Crippen LogP contribution < -0.4 is 14.9 Å². The van der Waals surface area contributed by atoms with Crippen molar-refractivity contribution in [2.45, 2.75) is 66.0 Å². The third-order valence-electron chi connectivity index (χ3n) is 7.54. The van der Waals surface area contributed by atoms with Gasteiger partial charge in [0.05, 0.1) is 36.3 Å². The average Bonchev–Trinajstić information content (AvgIpc) is 3.49. The Labute approximate surface area is 223 Å². The summed E-state index contributed by atoms with van der Waals surface area (Å²) in [5.41, 5.74) is 3.43. The molecule has 38 heavy (non-hydrogen) atoms. The van der Waals surface area contributed by atoms with Gasteiger partial charge in [-0.2, -0.15) is 0 Å². The highest BCUT2D eigenvalue weighted by atomic mass is 16.5. The maximum absolute atomic E-state index is 14.0. The van der Waals surface area contributed by atoms with E-state index in [9.17, 15) is 9.59 Å². The van der Waals surface area contributed by atoms with Gasteiger partial charge < -0.3 is 23.5 Å². The fraction of sp³-hybridized carbons (Fsp3) is 0.484. The highest BCUT2D eigenvalue weighted by Gasteiger charge is 2.44. The molecule has 0 aliphatic carbocycles. The monoisotopic (exact) mass is 519 g/mol. The average molecular weight is 520 g/mol. The number of fused-ring (bicyclic) bond motifs is 2. The smallest absolute Gasteiger partial charge is 0.291 e. The number of amides is 1. The molecule has 0 N–H and O–H groups in total. The molecule has 3 heterocycles. The van der Waals surface area contributed by atoms with Crippen LogP contribution in [0.4, 0.5) is 0 Å². The summed E-state index contributed by atoms with van der Waals surface area (Å²) in [5, 5.41) is 0.488. The Morgan fingerprint density at radius 3 is 2.55 bits per heavy atom. The minimum absolute atomic E-state index is 0.0743. The number of nitrogens with zero attached hydrogens (tertiary/aromatic N) is 1. The molecule has 1 amide bonds. The normalized spacial score (nSPS) is 19.0. The second-order valence-electron chi connectivity index (χ2n) is 10.8. The van der Waals surface area contributed by atoms with Gasteiger partial charge >= 0.3 is 0 Å². The van der Waals surface area contributed by atoms with Gasteiger partial charge in [-0.05, 0) is 86.9 Å². The van der Waals surface area contributed by atoms with Crippen molar-refractivity contribution in [3.63, 3.8) is 0 Å². The van der Waals surface area contributed by atoms with E-state index in [-0.39, 0.29) is 23.2 Å². The zero-order valence-electron chi connectivity index (χ0n) is 23.0. The van der Waals surface area contributed by atoms with E-state index < -0.39 is 6.04 Å². The summed E-state index contributed by atoms with van der Waals surface area (Å²) in [5.74, 6) is 1.61. The fourth-order valence-electron chi connectivity index (χ4n) is 5.30. The molecular formula is C31H37NO6. The maximum Gasteiger partial charge on any atom is 0.291 e. The summed E-state index contributed by atoms with van der Waals surface area (Å²) in [4.78, 5) is 29.5. The van der Waals surface area contributed by atoms with E-state index in [1.807, 2.05) is 51.1 Å². The molecule has 2 aliphatic rings. The van der Waals surface area contributed by atoms with Crippen LogP contribution in [0.15, 0.2) is 39.5 Å². The van der Waals surface area contributed by atoms with E-state index in [0.717, 1.165) is 36.0 Å². The molecule has 0 spiro atoms. The van der Waals surface area contributed by atoms with Crippen LogP contribution in [0.25, 0.3) is 11.0 Å². The van der Waals surface area contributed by atoms with Gasteiger partial charge in [-0.3, -0.25) is 9.59 Å². The van der Waals surface area contributed by atoms with Crippen LogP contribution in [0.2, 0.25) is 0 Å². The van der Waals surface area contributed by atoms with Gasteiger partial charge in [-0.1, -0.05) is 19.9 Å². The van der Waals surface area contributed by atoms with E-state index in [1.54, 1.807) is 4.90 Å². The van der Waals surface area contributed by atoms with Crippen molar-refractivity contribution in [3.05, 3.63) is 68.6 Å². The van der Waals surface area contributed by atoms with Crippen molar-refractivity contribution >= 4 is 16.9 Å². The molecule has 2 atom stereocenters. The first-order chi connectivity index (χ1) is 18.3. The fourth-order valence-corrected chi connectivity index (χ4v) is 5.30. The van der Waals surface area contributed by atoms with Gasteiger partial charge in [-0.25, -0.2) is 0 Å². The number of benzene rings is 2. The minimum atomic E-state index is -0.604. The van der Waals surface area contributed by atoms with E-state index in [1.165, 1.54) is 0 Å². The Hall–Kier alpha value is -3.32. The first kappa shape index (κ1) is 26.3. The number of hydrogen-bond acceptors (Lipinski definition) is 6. The Balaban J connectivity index is 1.62. The molecule has 7 heteroatoms. The zero-order valence-corrected chi connectivity index (χ0v) is 23.0. The molecular weight excluding hydrogens is 482 g/mol. The molecule has 2 unspecified atom stereocenters. The van der Waals surface area contributed by atoms with E-state index in [4.69, 9.17) is 18.6 Å². The summed E-state index contributed by atoms with van der Waals surface area (Å²) < 4.78 is 24.0. The second kappa shape index (κ2) is 10.8. The Morgan fingerprint density at radius 1 is 1.05 bits per heavy atom. The lowest BCUT2D eigenvalue weighted by Crippen LogP contribution is -2.36. The van der Waals surface area contributed by atoms with Crippen LogP contribution >= 0.6 is 0 Å². The number of aryl methyl sites for hydroxylation is 2. The lowest BCUT2D eigenvalue weighted by molar-refractivity contribution is 0.0486. The van der Waals surface area contributed by atoms with Gasteiger partial charge in [0, 0.05) is 13.2 Å². The summed E-state index contributed by atoms with van der Waals surface area (Å²) in [6, 6.07) is 8.80.